The number of sulfonamides is 1. The Morgan fingerprint density at radius 1 is 1.31 bits per heavy atom. The summed E-state index contributed by atoms with van der Waals surface area (Å²) in [7, 11) is -3.68. The first-order valence-electron chi connectivity index (χ1n) is 8.12. The van der Waals surface area contributed by atoms with Crippen LogP contribution in [0.5, 0.6) is 0 Å². The fourth-order valence-electron chi connectivity index (χ4n) is 2.79. The Hall–Kier alpha value is -1.75. The van der Waals surface area contributed by atoms with E-state index in [1.54, 1.807) is 13.0 Å². The summed E-state index contributed by atoms with van der Waals surface area (Å²) in [6.07, 6.45) is 1.49. The maximum atomic E-state index is 12.8. The third kappa shape index (κ3) is 3.18. The molecule has 0 aliphatic carbocycles. The second-order valence-electron chi connectivity index (χ2n) is 5.84. The fourth-order valence-corrected chi connectivity index (χ4v) is 6.57. The molecule has 0 saturated carbocycles. The monoisotopic (exact) mass is 411 g/mol. The topological polar surface area (TPSA) is 94.3 Å². The van der Waals surface area contributed by atoms with Gasteiger partial charge < -0.3 is 9.26 Å². The maximum absolute atomic E-state index is 12.8. The van der Waals surface area contributed by atoms with Crippen molar-refractivity contribution >= 4 is 37.7 Å². The summed E-state index contributed by atoms with van der Waals surface area (Å²) in [5, 5.41) is 4.34. The van der Waals surface area contributed by atoms with Gasteiger partial charge in [0, 0.05) is 9.75 Å². The van der Waals surface area contributed by atoms with Crippen LogP contribution in [0.1, 0.15) is 28.1 Å². The molecule has 0 fully saturated rings. The van der Waals surface area contributed by atoms with E-state index in [4.69, 9.17) is 9.26 Å². The van der Waals surface area contributed by atoms with Crippen molar-refractivity contribution < 1.29 is 17.7 Å². The Morgan fingerprint density at radius 3 is 2.85 bits per heavy atom. The standard InChI is InChI=1S/C16H17N3O4S3/c1-3-10-4-5-13(24-10)26(20,21)19-16-14(15-17-9(2)18-23-15)11-6-7-22-8-12(11)25-16/h4-5,19H,3,6-8H2,1-2H3. The molecule has 0 bridgehead atoms. The van der Waals surface area contributed by atoms with E-state index in [1.807, 2.05) is 13.0 Å². The number of anilines is 1. The van der Waals surface area contributed by atoms with Gasteiger partial charge in [0.15, 0.2) is 5.82 Å². The van der Waals surface area contributed by atoms with Crippen LogP contribution in [0.3, 0.4) is 0 Å². The van der Waals surface area contributed by atoms with Crippen molar-refractivity contribution in [3.05, 3.63) is 33.3 Å². The zero-order valence-corrected chi connectivity index (χ0v) is 16.7. The Bertz CT molecular complexity index is 1050. The summed E-state index contributed by atoms with van der Waals surface area (Å²) in [4.78, 5) is 6.31. The molecule has 26 heavy (non-hydrogen) atoms. The minimum absolute atomic E-state index is 0.296. The van der Waals surface area contributed by atoms with E-state index in [1.165, 1.54) is 22.7 Å². The van der Waals surface area contributed by atoms with Crippen LogP contribution in [0.4, 0.5) is 5.00 Å². The molecule has 0 radical (unpaired) electrons. The van der Waals surface area contributed by atoms with Gasteiger partial charge >= 0.3 is 0 Å². The molecule has 1 N–H and O–H groups in total. The molecule has 7 nitrogen and oxygen atoms in total. The number of rotatable bonds is 5. The molecular formula is C16H17N3O4S3. The van der Waals surface area contributed by atoms with Crippen LogP contribution in [0.2, 0.25) is 0 Å². The van der Waals surface area contributed by atoms with Crippen LogP contribution >= 0.6 is 22.7 Å². The van der Waals surface area contributed by atoms with Gasteiger partial charge in [0.2, 0.25) is 0 Å². The van der Waals surface area contributed by atoms with E-state index in [0.29, 0.717) is 46.1 Å². The normalized spacial score (nSPS) is 14.4. The van der Waals surface area contributed by atoms with E-state index >= 15 is 0 Å². The van der Waals surface area contributed by atoms with E-state index < -0.39 is 10.0 Å². The molecule has 0 aromatic carbocycles. The first kappa shape index (κ1) is 17.7. The predicted octanol–water partition coefficient (Wildman–Crippen LogP) is 3.60. The van der Waals surface area contributed by atoms with Gasteiger partial charge in [0.1, 0.15) is 9.21 Å². The highest BCUT2D eigenvalue weighted by Crippen LogP contribution is 2.43. The summed E-state index contributed by atoms with van der Waals surface area (Å²) < 4.78 is 39.5. The molecule has 1 aliphatic rings. The minimum atomic E-state index is -3.68. The summed E-state index contributed by atoms with van der Waals surface area (Å²) in [5.74, 6) is 0.840. The van der Waals surface area contributed by atoms with E-state index in [9.17, 15) is 8.42 Å². The van der Waals surface area contributed by atoms with E-state index in [2.05, 4.69) is 14.9 Å². The highest BCUT2D eigenvalue weighted by atomic mass is 32.2. The number of aryl methyl sites for hydroxylation is 2. The van der Waals surface area contributed by atoms with Gasteiger partial charge in [-0.15, -0.1) is 22.7 Å². The number of ether oxygens (including phenoxy) is 1. The summed E-state index contributed by atoms with van der Waals surface area (Å²) >= 11 is 2.64. The molecule has 138 valence electrons. The lowest BCUT2D eigenvalue weighted by Crippen LogP contribution is -2.11. The van der Waals surface area contributed by atoms with Crippen molar-refractivity contribution in [1.82, 2.24) is 10.1 Å². The van der Waals surface area contributed by atoms with Crippen LogP contribution in [-0.2, 0) is 34.2 Å². The van der Waals surface area contributed by atoms with Crippen molar-refractivity contribution in [3.8, 4) is 11.5 Å². The van der Waals surface area contributed by atoms with Gasteiger partial charge in [-0.3, -0.25) is 4.72 Å². The maximum Gasteiger partial charge on any atom is 0.272 e. The van der Waals surface area contributed by atoms with Crippen molar-refractivity contribution in [2.24, 2.45) is 0 Å². The average Bonchev–Trinajstić information content (AvgIpc) is 3.32. The van der Waals surface area contributed by atoms with Gasteiger partial charge in [-0.25, -0.2) is 8.42 Å². The second-order valence-corrected chi connectivity index (χ2v) is 10.0. The molecule has 1 aliphatic heterocycles. The molecule has 0 amide bonds. The molecule has 4 heterocycles. The average molecular weight is 412 g/mol. The lowest BCUT2D eigenvalue weighted by molar-refractivity contribution is 0.113. The molecular weight excluding hydrogens is 394 g/mol. The van der Waals surface area contributed by atoms with Crippen molar-refractivity contribution in [1.29, 1.82) is 0 Å². The summed E-state index contributed by atoms with van der Waals surface area (Å²) in [6.45, 7) is 4.78. The predicted molar refractivity (Wildman–Crippen MR) is 100 cm³/mol. The molecule has 0 unspecified atom stereocenters. The number of nitrogens with one attached hydrogen (secondary N) is 1. The van der Waals surface area contributed by atoms with Crippen LogP contribution in [0, 0.1) is 6.92 Å². The Labute approximate surface area is 159 Å². The van der Waals surface area contributed by atoms with Gasteiger partial charge in [-0.2, -0.15) is 4.98 Å². The van der Waals surface area contributed by atoms with Crippen LogP contribution in [0.25, 0.3) is 11.5 Å². The molecule has 4 rings (SSSR count). The number of hydrogen-bond acceptors (Lipinski definition) is 8. The van der Waals surface area contributed by atoms with Crippen LogP contribution in [-0.4, -0.2) is 25.2 Å². The number of nitrogens with zero attached hydrogens (tertiary/aromatic N) is 2. The zero-order valence-electron chi connectivity index (χ0n) is 14.2. The highest BCUT2D eigenvalue weighted by molar-refractivity contribution is 7.94. The van der Waals surface area contributed by atoms with Gasteiger partial charge in [-0.1, -0.05) is 12.1 Å². The molecule has 10 heteroatoms. The first-order chi connectivity index (χ1) is 12.5. The molecule has 0 saturated heterocycles. The second kappa shape index (κ2) is 6.76. The van der Waals surface area contributed by atoms with E-state index in [-0.39, 0.29) is 0 Å². The third-order valence-electron chi connectivity index (χ3n) is 4.04. The Kier molecular flexibility index (Phi) is 4.59. The molecule has 0 spiro atoms. The minimum Gasteiger partial charge on any atom is -0.376 e. The number of hydrogen-bond donors (Lipinski definition) is 1. The highest BCUT2D eigenvalue weighted by Gasteiger charge is 2.29. The van der Waals surface area contributed by atoms with Crippen LogP contribution in [0.15, 0.2) is 20.9 Å². The Balaban J connectivity index is 1.77. The summed E-state index contributed by atoms with van der Waals surface area (Å²) in [6, 6.07) is 3.48. The quantitative estimate of drug-likeness (QED) is 0.689. The van der Waals surface area contributed by atoms with E-state index in [0.717, 1.165) is 21.7 Å². The number of aromatic nitrogens is 2. The largest absolute Gasteiger partial charge is 0.376 e. The van der Waals surface area contributed by atoms with Gasteiger partial charge in [0.05, 0.1) is 18.8 Å². The zero-order chi connectivity index (χ0) is 18.3. The lowest BCUT2D eigenvalue weighted by atomic mass is 10.1. The van der Waals surface area contributed by atoms with Crippen molar-refractivity contribution in [2.45, 2.75) is 37.5 Å². The molecule has 3 aromatic rings. The van der Waals surface area contributed by atoms with Gasteiger partial charge in [-0.05, 0) is 37.5 Å². The smallest absolute Gasteiger partial charge is 0.272 e. The first-order valence-corrected chi connectivity index (χ1v) is 11.2. The number of fused-ring (bicyclic) bond motifs is 1. The fraction of sp³-hybridized carbons (Fsp3) is 0.375. The Morgan fingerprint density at radius 2 is 2.15 bits per heavy atom. The summed E-state index contributed by atoms with van der Waals surface area (Å²) in [5.41, 5.74) is 1.69. The van der Waals surface area contributed by atoms with Crippen molar-refractivity contribution in [2.75, 3.05) is 11.3 Å². The molecule has 3 aromatic heterocycles. The van der Waals surface area contributed by atoms with Gasteiger partial charge in [0.25, 0.3) is 15.9 Å². The van der Waals surface area contributed by atoms with Crippen molar-refractivity contribution in [3.63, 3.8) is 0 Å². The van der Waals surface area contributed by atoms with Crippen LogP contribution < -0.4 is 4.72 Å². The number of thiophene rings is 2. The lowest BCUT2D eigenvalue weighted by Gasteiger charge is -2.12. The molecule has 0 atom stereocenters. The SMILES string of the molecule is CCc1ccc(S(=O)(=O)Nc2sc3c(c2-c2nc(C)no2)CCOC3)s1. The third-order valence-corrected chi connectivity index (χ3v) is 8.36.